The number of hydrogen-bond acceptors (Lipinski definition) is 2. The number of aromatic nitrogens is 1. The maximum absolute atomic E-state index is 4.10. The summed E-state index contributed by atoms with van der Waals surface area (Å²) in [7, 11) is 0. The normalized spacial score (nSPS) is 12.7. The van der Waals surface area contributed by atoms with E-state index >= 15 is 0 Å². The molecule has 26 heavy (non-hydrogen) atoms. The standard InChI is InChI=1S/C24H28N2/c1-3-24(22-10-6-4-7-11-22,23-12-8-5-9-13-23)18-20(2)26-19-21-14-16-25-17-15-21/h4-17,20,26H,3,18-19H2,1-2H3. The first-order valence-corrected chi connectivity index (χ1v) is 9.48. The summed E-state index contributed by atoms with van der Waals surface area (Å²) in [6.07, 6.45) is 5.84. The molecule has 3 rings (SSSR count). The minimum Gasteiger partial charge on any atom is -0.310 e. The molecule has 0 spiro atoms. The van der Waals surface area contributed by atoms with E-state index in [2.05, 4.69) is 96.9 Å². The first-order valence-electron chi connectivity index (χ1n) is 9.48. The molecule has 0 aliphatic rings. The summed E-state index contributed by atoms with van der Waals surface area (Å²) in [6.45, 7) is 5.46. The van der Waals surface area contributed by atoms with Crippen LogP contribution >= 0.6 is 0 Å². The molecule has 0 bridgehead atoms. The smallest absolute Gasteiger partial charge is 0.0271 e. The van der Waals surface area contributed by atoms with Crippen LogP contribution in [0.15, 0.2) is 85.2 Å². The fourth-order valence-electron chi connectivity index (χ4n) is 3.86. The lowest BCUT2D eigenvalue weighted by Crippen LogP contribution is -2.37. The molecule has 0 aliphatic carbocycles. The average Bonchev–Trinajstić information content (AvgIpc) is 2.72. The molecule has 0 radical (unpaired) electrons. The van der Waals surface area contributed by atoms with Crippen LogP contribution in [0.5, 0.6) is 0 Å². The fraction of sp³-hybridized carbons (Fsp3) is 0.292. The summed E-state index contributed by atoms with van der Waals surface area (Å²) in [6, 6.07) is 26.4. The number of nitrogens with zero attached hydrogens (tertiary/aromatic N) is 1. The Morgan fingerprint density at radius 1 is 0.846 bits per heavy atom. The first-order chi connectivity index (χ1) is 12.7. The molecule has 1 unspecified atom stereocenters. The van der Waals surface area contributed by atoms with Gasteiger partial charge < -0.3 is 5.32 Å². The second-order valence-corrected chi connectivity index (χ2v) is 7.01. The van der Waals surface area contributed by atoms with E-state index in [9.17, 15) is 0 Å². The van der Waals surface area contributed by atoms with Gasteiger partial charge in [0.1, 0.15) is 0 Å². The SMILES string of the molecule is CCC(CC(C)NCc1ccncc1)(c1ccccc1)c1ccccc1. The number of rotatable bonds is 8. The lowest BCUT2D eigenvalue weighted by atomic mass is 9.68. The molecule has 134 valence electrons. The van der Waals surface area contributed by atoms with E-state index in [1.807, 2.05) is 12.4 Å². The third-order valence-electron chi connectivity index (χ3n) is 5.31. The Morgan fingerprint density at radius 2 is 1.38 bits per heavy atom. The topological polar surface area (TPSA) is 24.9 Å². The van der Waals surface area contributed by atoms with Crippen molar-refractivity contribution in [1.29, 1.82) is 0 Å². The summed E-state index contributed by atoms with van der Waals surface area (Å²) in [4.78, 5) is 4.10. The van der Waals surface area contributed by atoms with E-state index in [0.29, 0.717) is 6.04 Å². The van der Waals surface area contributed by atoms with Crippen molar-refractivity contribution < 1.29 is 0 Å². The Morgan fingerprint density at radius 3 is 1.88 bits per heavy atom. The van der Waals surface area contributed by atoms with Crippen LogP contribution in [0.2, 0.25) is 0 Å². The molecule has 2 nitrogen and oxygen atoms in total. The van der Waals surface area contributed by atoms with Gasteiger partial charge >= 0.3 is 0 Å². The predicted octanol–water partition coefficient (Wildman–Crippen LogP) is 5.35. The fourth-order valence-corrected chi connectivity index (χ4v) is 3.86. The summed E-state index contributed by atoms with van der Waals surface area (Å²) in [5, 5.41) is 3.70. The van der Waals surface area contributed by atoms with Gasteiger partial charge in [-0.1, -0.05) is 67.6 Å². The maximum Gasteiger partial charge on any atom is 0.0271 e. The number of nitrogens with one attached hydrogen (secondary N) is 1. The van der Waals surface area contributed by atoms with E-state index in [-0.39, 0.29) is 5.41 Å². The first kappa shape index (κ1) is 18.3. The third kappa shape index (κ3) is 4.20. The minimum atomic E-state index is 0.0210. The van der Waals surface area contributed by atoms with Crippen LogP contribution < -0.4 is 5.32 Å². The summed E-state index contributed by atoms with van der Waals surface area (Å²) in [5.74, 6) is 0. The zero-order valence-corrected chi connectivity index (χ0v) is 15.7. The molecule has 0 aliphatic heterocycles. The zero-order valence-electron chi connectivity index (χ0n) is 15.7. The zero-order chi connectivity index (χ0) is 18.2. The van der Waals surface area contributed by atoms with Crippen molar-refractivity contribution in [3.63, 3.8) is 0 Å². The average molecular weight is 345 g/mol. The van der Waals surface area contributed by atoms with Crippen molar-refractivity contribution in [2.75, 3.05) is 0 Å². The monoisotopic (exact) mass is 344 g/mol. The lowest BCUT2D eigenvalue weighted by molar-refractivity contribution is 0.377. The number of pyridine rings is 1. The predicted molar refractivity (Wildman–Crippen MR) is 109 cm³/mol. The Balaban J connectivity index is 1.84. The van der Waals surface area contributed by atoms with Crippen LogP contribution in [0.4, 0.5) is 0 Å². The molecule has 1 aromatic heterocycles. The third-order valence-corrected chi connectivity index (χ3v) is 5.31. The van der Waals surface area contributed by atoms with Crippen LogP contribution in [0, 0.1) is 0 Å². The van der Waals surface area contributed by atoms with E-state index < -0.39 is 0 Å². The van der Waals surface area contributed by atoms with Gasteiger partial charge in [0.2, 0.25) is 0 Å². The van der Waals surface area contributed by atoms with Crippen LogP contribution in [0.25, 0.3) is 0 Å². The Labute approximate surface area is 157 Å². The van der Waals surface area contributed by atoms with Crippen LogP contribution in [0.3, 0.4) is 0 Å². The molecule has 0 fully saturated rings. The van der Waals surface area contributed by atoms with Gasteiger partial charge in [0.05, 0.1) is 0 Å². The summed E-state index contributed by atoms with van der Waals surface area (Å²) >= 11 is 0. The van der Waals surface area contributed by atoms with Gasteiger partial charge in [-0.15, -0.1) is 0 Å². The van der Waals surface area contributed by atoms with Gasteiger partial charge in [0.15, 0.2) is 0 Å². The second kappa shape index (κ2) is 8.77. The molecule has 0 saturated carbocycles. The van der Waals surface area contributed by atoms with Gasteiger partial charge in [-0.25, -0.2) is 0 Å². The van der Waals surface area contributed by atoms with Crippen LogP contribution in [-0.2, 0) is 12.0 Å². The van der Waals surface area contributed by atoms with E-state index in [1.54, 1.807) is 0 Å². The number of benzene rings is 2. The molecule has 2 heteroatoms. The highest BCUT2D eigenvalue weighted by molar-refractivity contribution is 5.39. The largest absolute Gasteiger partial charge is 0.310 e. The minimum absolute atomic E-state index is 0.0210. The van der Waals surface area contributed by atoms with Gasteiger partial charge in [-0.05, 0) is 48.6 Å². The van der Waals surface area contributed by atoms with Crippen molar-refractivity contribution in [2.24, 2.45) is 0 Å². The van der Waals surface area contributed by atoms with Gasteiger partial charge in [-0.3, -0.25) is 4.98 Å². The Bertz CT molecular complexity index is 730. The van der Waals surface area contributed by atoms with Crippen LogP contribution in [0.1, 0.15) is 43.4 Å². The molecule has 1 heterocycles. The molecular weight excluding hydrogens is 316 g/mol. The van der Waals surface area contributed by atoms with Crippen molar-refractivity contribution in [3.05, 3.63) is 102 Å². The summed E-state index contributed by atoms with van der Waals surface area (Å²) < 4.78 is 0. The number of hydrogen-bond donors (Lipinski definition) is 1. The van der Waals surface area contributed by atoms with Gasteiger partial charge in [-0.2, -0.15) is 0 Å². The molecular formula is C24H28N2. The van der Waals surface area contributed by atoms with Crippen molar-refractivity contribution >= 4 is 0 Å². The molecule has 2 aromatic carbocycles. The molecule has 3 aromatic rings. The van der Waals surface area contributed by atoms with E-state index in [1.165, 1.54) is 16.7 Å². The molecule has 1 N–H and O–H groups in total. The van der Waals surface area contributed by atoms with Gasteiger partial charge in [0, 0.05) is 30.4 Å². The van der Waals surface area contributed by atoms with Crippen LogP contribution in [-0.4, -0.2) is 11.0 Å². The second-order valence-electron chi connectivity index (χ2n) is 7.01. The van der Waals surface area contributed by atoms with E-state index in [0.717, 1.165) is 19.4 Å². The van der Waals surface area contributed by atoms with Crippen molar-refractivity contribution in [3.8, 4) is 0 Å². The molecule has 1 atom stereocenters. The van der Waals surface area contributed by atoms with Gasteiger partial charge in [0.25, 0.3) is 0 Å². The lowest BCUT2D eigenvalue weighted by Gasteiger charge is -2.37. The molecule has 0 amide bonds. The Kier molecular flexibility index (Phi) is 6.19. The highest BCUT2D eigenvalue weighted by atomic mass is 14.9. The maximum atomic E-state index is 4.10. The highest BCUT2D eigenvalue weighted by Gasteiger charge is 2.33. The van der Waals surface area contributed by atoms with Crippen molar-refractivity contribution in [2.45, 2.75) is 44.7 Å². The Hall–Kier alpha value is -2.45. The summed E-state index contributed by atoms with van der Waals surface area (Å²) in [5.41, 5.74) is 4.08. The van der Waals surface area contributed by atoms with E-state index in [4.69, 9.17) is 0 Å². The quantitative estimate of drug-likeness (QED) is 0.596. The highest BCUT2D eigenvalue weighted by Crippen LogP contribution is 2.39. The molecule has 0 saturated heterocycles. The van der Waals surface area contributed by atoms with Crippen molar-refractivity contribution in [1.82, 2.24) is 10.3 Å².